The largest absolute Gasteiger partial charge is 0.416 e. The van der Waals surface area contributed by atoms with Crippen molar-refractivity contribution in [3.05, 3.63) is 119 Å². The predicted octanol–water partition coefficient (Wildman–Crippen LogP) is 6.35. The summed E-state index contributed by atoms with van der Waals surface area (Å²) in [6.07, 6.45) is -2.91. The second kappa shape index (κ2) is 12.9. The molecule has 0 saturated carbocycles. The average Bonchev–Trinajstić information content (AvgIpc) is 3.30. The lowest BCUT2D eigenvalue weighted by Gasteiger charge is -2.38. The van der Waals surface area contributed by atoms with Crippen molar-refractivity contribution in [3.8, 4) is 0 Å². The lowest BCUT2D eigenvalue weighted by atomic mass is 10.0. The van der Waals surface area contributed by atoms with Gasteiger partial charge >= 0.3 is 12.2 Å². The number of hydrogen-bond acceptors (Lipinski definition) is 4. The van der Waals surface area contributed by atoms with E-state index in [4.69, 9.17) is 0 Å². The highest BCUT2D eigenvalue weighted by molar-refractivity contribution is 5.74. The number of nitrogens with one attached hydrogen (secondary N) is 2. The second-order valence-electron chi connectivity index (χ2n) is 11.0. The number of rotatable bonds is 8. The Hall–Kier alpha value is -3.98. The number of benzene rings is 3. The summed E-state index contributed by atoms with van der Waals surface area (Å²) >= 11 is 0. The third-order valence-corrected chi connectivity index (χ3v) is 8.29. The number of halogens is 3. The van der Waals surface area contributed by atoms with Crippen molar-refractivity contribution in [3.63, 3.8) is 0 Å². The summed E-state index contributed by atoms with van der Waals surface area (Å²) in [5.74, 6) is 0. The molecular weight excluding hydrogens is 539 g/mol. The fourth-order valence-corrected chi connectivity index (χ4v) is 5.89. The fourth-order valence-electron chi connectivity index (χ4n) is 5.89. The van der Waals surface area contributed by atoms with Crippen LogP contribution in [-0.4, -0.2) is 53.5 Å². The van der Waals surface area contributed by atoms with Gasteiger partial charge in [-0.3, -0.25) is 4.90 Å². The molecule has 1 unspecified atom stereocenters. The van der Waals surface area contributed by atoms with Gasteiger partial charge in [-0.25, -0.2) is 4.79 Å². The van der Waals surface area contributed by atoms with Crippen LogP contribution in [0.3, 0.4) is 0 Å². The number of nitrogens with zero attached hydrogens (tertiary/aromatic N) is 3. The van der Waals surface area contributed by atoms with E-state index in [-0.39, 0.29) is 18.2 Å². The fraction of sp³-hybridized carbons (Fsp3) is 0.364. The minimum absolute atomic E-state index is 0.0655. The molecule has 0 aromatic heterocycles. The van der Waals surface area contributed by atoms with Gasteiger partial charge in [0.25, 0.3) is 0 Å². The Morgan fingerprint density at radius 1 is 0.905 bits per heavy atom. The number of carbonyl (C=O) groups is 1. The summed E-state index contributed by atoms with van der Waals surface area (Å²) in [4.78, 5) is 19.3. The van der Waals surface area contributed by atoms with Crippen molar-refractivity contribution < 1.29 is 18.0 Å². The summed E-state index contributed by atoms with van der Waals surface area (Å²) in [5.41, 5.74) is 4.53. The highest BCUT2D eigenvalue weighted by Gasteiger charge is 2.34. The molecule has 0 radical (unpaired) electrons. The third-order valence-electron chi connectivity index (χ3n) is 8.29. The van der Waals surface area contributed by atoms with Gasteiger partial charge in [0.05, 0.1) is 5.56 Å². The Balaban J connectivity index is 1.28. The zero-order valence-corrected chi connectivity index (χ0v) is 24.1. The van der Waals surface area contributed by atoms with Crippen LogP contribution in [0, 0.1) is 0 Å². The summed E-state index contributed by atoms with van der Waals surface area (Å²) in [5, 5.41) is 6.44. The third kappa shape index (κ3) is 6.90. The molecule has 3 aromatic carbocycles. The first-order valence-electron chi connectivity index (χ1n) is 14.4. The predicted molar refractivity (Wildman–Crippen MR) is 158 cm³/mol. The maximum atomic E-state index is 13.2. The minimum atomic E-state index is -4.37. The summed E-state index contributed by atoms with van der Waals surface area (Å²) in [6.45, 7) is 5.68. The number of urea groups is 1. The van der Waals surface area contributed by atoms with Gasteiger partial charge in [-0.05, 0) is 48.6 Å². The standard InChI is InChI=1S/C33H38F3N5O/c1-24-30(23-39-19-17-29(18-20-39)41(32(42)37-2)22-26-11-7-4-8-12-26)38-31(40(24)21-25-9-5-3-6-10-25)27-13-15-28(16-14-27)33(34,35)36/h3-16,29,31,38H,17-23H2,1-2H3,(H,37,42). The number of piperidine rings is 1. The van der Waals surface area contributed by atoms with Crippen molar-refractivity contribution in [1.29, 1.82) is 0 Å². The van der Waals surface area contributed by atoms with Crippen molar-refractivity contribution >= 4 is 6.03 Å². The molecule has 2 amide bonds. The van der Waals surface area contributed by atoms with Crippen molar-refractivity contribution in [2.75, 3.05) is 26.7 Å². The topological polar surface area (TPSA) is 50.9 Å². The lowest BCUT2D eigenvalue weighted by Crippen LogP contribution is -2.50. The molecule has 2 aliphatic heterocycles. The quantitative estimate of drug-likeness (QED) is 0.328. The zero-order valence-electron chi connectivity index (χ0n) is 24.1. The number of allylic oxidation sites excluding steroid dienone is 1. The first-order chi connectivity index (χ1) is 20.2. The zero-order chi connectivity index (χ0) is 29.7. The average molecular weight is 578 g/mol. The van der Waals surface area contributed by atoms with E-state index < -0.39 is 11.7 Å². The second-order valence-corrected chi connectivity index (χ2v) is 11.0. The Labute approximate surface area is 245 Å². The monoisotopic (exact) mass is 577 g/mol. The van der Waals surface area contributed by atoms with Gasteiger partial charge in [-0.2, -0.15) is 13.2 Å². The Morgan fingerprint density at radius 3 is 2.07 bits per heavy atom. The molecule has 5 rings (SSSR count). The van der Waals surface area contributed by atoms with E-state index in [2.05, 4.69) is 39.5 Å². The van der Waals surface area contributed by atoms with Crippen LogP contribution in [0.25, 0.3) is 0 Å². The molecule has 2 aliphatic rings. The molecule has 1 fully saturated rings. The van der Waals surface area contributed by atoms with E-state index in [9.17, 15) is 18.0 Å². The van der Waals surface area contributed by atoms with Crippen LogP contribution < -0.4 is 10.6 Å². The number of likely N-dealkylation sites (tertiary alicyclic amines) is 1. The highest BCUT2D eigenvalue weighted by atomic mass is 19.4. The number of alkyl halides is 3. The molecule has 0 spiro atoms. The van der Waals surface area contributed by atoms with Crippen LogP contribution in [0.5, 0.6) is 0 Å². The molecule has 0 bridgehead atoms. The van der Waals surface area contributed by atoms with E-state index in [0.29, 0.717) is 19.6 Å². The molecule has 2 N–H and O–H groups in total. The normalized spacial score (nSPS) is 18.2. The van der Waals surface area contributed by atoms with Crippen LogP contribution >= 0.6 is 0 Å². The Morgan fingerprint density at radius 2 is 1.50 bits per heavy atom. The van der Waals surface area contributed by atoms with E-state index in [0.717, 1.165) is 66.1 Å². The van der Waals surface area contributed by atoms with Crippen LogP contribution in [0.1, 0.15) is 48.2 Å². The molecule has 42 heavy (non-hydrogen) atoms. The SMILES string of the molecule is CNC(=O)N(Cc1ccccc1)C1CCN(CC2=C(C)N(Cc3ccccc3)C(c3ccc(C(F)(F)F)cc3)N2)CC1. The van der Waals surface area contributed by atoms with Gasteiger partial charge in [0, 0.05) is 57.2 Å². The van der Waals surface area contributed by atoms with E-state index in [1.54, 1.807) is 19.2 Å². The minimum Gasteiger partial charge on any atom is -0.362 e. The van der Waals surface area contributed by atoms with E-state index in [1.165, 1.54) is 0 Å². The van der Waals surface area contributed by atoms with E-state index >= 15 is 0 Å². The van der Waals surface area contributed by atoms with Crippen LogP contribution in [0.15, 0.2) is 96.3 Å². The number of hydrogen-bond donors (Lipinski definition) is 2. The molecule has 0 aliphatic carbocycles. The first-order valence-corrected chi connectivity index (χ1v) is 14.4. The summed E-state index contributed by atoms with van der Waals surface area (Å²) in [7, 11) is 1.67. The van der Waals surface area contributed by atoms with Gasteiger partial charge in [0.15, 0.2) is 0 Å². The van der Waals surface area contributed by atoms with Gasteiger partial charge in [-0.1, -0.05) is 72.8 Å². The Bertz CT molecular complexity index is 1350. The van der Waals surface area contributed by atoms with Crippen LogP contribution in [-0.2, 0) is 19.3 Å². The summed E-state index contributed by atoms with van der Waals surface area (Å²) < 4.78 is 39.7. The maximum Gasteiger partial charge on any atom is 0.416 e. The van der Waals surface area contributed by atoms with Gasteiger partial charge in [-0.15, -0.1) is 0 Å². The molecular formula is C33H38F3N5O. The van der Waals surface area contributed by atoms with Gasteiger partial charge in [0.2, 0.25) is 0 Å². The number of amides is 2. The number of carbonyl (C=O) groups excluding carboxylic acids is 1. The van der Waals surface area contributed by atoms with Crippen LogP contribution in [0.4, 0.5) is 18.0 Å². The van der Waals surface area contributed by atoms with Crippen molar-refractivity contribution in [2.45, 2.75) is 51.2 Å². The lowest BCUT2D eigenvalue weighted by molar-refractivity contribution is -0.137. The molecule has 1 saturated heterocycles. The highest BCUT2D eigenvalue weighted by Crippen LogP contribution is 2.35. The van der Waals surface area contributed by atoms with E-state index in [1.807, 2.05) is 53.4 Å². The maximum absolute atomic E-state index is 13.2. The van der Waals surface area contributed by atoms with Crippen molar-refractivity contribution in [2.24, 2.45) is 0 Å². The van der Waals surface area contributed by atoms with Crippen LogP contribution in [0.2, 0.25) is 0 Å². The van der Waals surface area contributed by atoms with Gasteiger partial charge in [0.1, 0.15) is 6.17 Å². The molecule has 6 nitrogen and oxygen atoms in total. The Kier molecular flexibility index (Phi) is 9.06. The molecule has 2 heterocycles. The molecule has 9 heteroatoms. The summed E-state index contributed by atoms with van der Waals surface area (Å²) in [6, 6.07) is 25.7. The molecule has 3 aromatic rings. The smallest absolute Gasteiger partial charge is 0.362 e. The molecule has 1 atom stereocenters. The van der Waals surface area contributed by atoms with Crippen molar-refractivity contribution in [1.82, 2.24) is 25.3 Å². The molecule has 222 valence electrons. The first kappa shape index (κ1) is 29.5. The van der Waals surface area contributed by atoms with Gasteiger partial charge < -0.3 is 20.4 Å².